The number of hydrogen-bond donors (Lipinski definition) is 2. The van der Waals surface area contributed by atoms with Crippen LogP contribution in [-0.4, -0.2) is 17.1 Å². The standard InChI is InChI=1S/C8H13NO2.ClH/c9-7(8(10)11)6-2-4-1-5(4)3-6;/h4-7H,1-3,9H2,(H,10,11);1H. The lowest BCUT2D eigenvalue weighted by atomic mass is 9.95. The largest absolute Gasteiger partial charge is 0.480 e. The molecule has 0 aromatic heterocycles. The van der Waals surface area contributed by atoms with E-state index in [4.69, 9.17) is 10.8 Å². The van der Waals surface area contributed by atoms with Gasteiger partial charge in [-0.05, 0) is 37.0 Å². The summed E-state index contributed by atoms with van der Waals surface area (Å²) < 4.78 is 0. The highest BCUT2D eigenvalue weighted by atomic mass is 35.5. The Morgan fingerprint density at radius 1 is 1.33 bits per heavy atom. The first-order chi connectivity index (χ1) is 5.18. The van der Waals surface area contributed by atoms with Gasteiger partial charge in [0.2, 0.25) is 0 Å². The minimum absolute atomic E-state index is 0. The normalized spacial score (nSPS) is 39.6. The summed E-state index contributed by atoms with van der Waals surface area (Å²) in [5.41, 5.74) is 5.50. The number of halogens is 1. The van der Waals surface area contributed by atoms with Crippen molar-refractivity contribution in [2.75, 3.05) is 0 Å². The van der Waals surface area contributed by atoms with Crippen LogP contribution in [0, 0.1) is 17.8 Å². The molecule has 0 spiro atoms. The zero-order valence-corrected chi connectivity index (χ0v) is 7.59. The lowest BCUT2D eigenvalue weighted by Crippen LogP contribution is -2.37. The Morgan fingerprint density at radius 3 is 2.25 bits per heavy atom. The second kappa shape index (κ2) is 3.23. The van der Waals surface area contributed by atoms with Crippen molar-refractivity contribution >= 4 is 18.4 Å². The van der Waals surface area contributed by atoms with Crippen LogP contribution in [0.1, 0.15) is 19.3 Å². The van der Waals surface area contributed by atoms with Gasteiger partial charge in [0, 0.05) is 0 Å². The molecule has 3 N–H and O–H groups in total. The van der Waals surface area contributed by atoms with Gasteiger partial charge in [-0.1, -0.05) is 0 Å². The third-order valence-corrected chi connectivity index (χ3v) is 3.07. The minimum Gasteiger partial charge on any atom is -0.480 e. The Bertz CT molecular complexity index is 187. The van der Waals surface area contributed by atoms with Gasteiger partial charge in [0.05, 0.1) is 0 Å². The topological polar surface area (TPSA) is 63.3 Å². The predicted octanol–water partition coefficient (Wildman–Crippen LogP) is 0.866. The zero-order chi connectivity index (χ0) is 8.01. The van der Waals surface area contributed by atoms with Crippen LogP contribution in [0.2, 0.25) is 0 Å². The van der Waals surface area contributed by atoms with Gasteiger partial charge in [0.15, 0.2) is 0 Å². The van der Waals surface area contributed by atoms with Crippen molar-refractivity contribution in [1.82, 2.24) is 0 Å². The van der Waals surface area contributed by atoms with Crippen LogP contribution in [-0.2, 0) is 4.79 Å². The van der Waals surface area contributed by atoms with Crippen molar-refractivity contribution in [2.45, 2.75) is 25.3 Å². The summed E-state index contributed by atoms with van der Waals surface area (Å²) in [7, 11) is 0. The summed E-state index contributed by atoms with van der Waals surface area (Å²) in [5.74, 6) is 1.07. The molecule has 0 amide bonds. The highest BCUT2D eigenvalue weighted by Crippen LogP contribution is 2.54. The summed E-state index contributed by atoms with van der Waals surface area (Å²) in [6.07, 6.45) is 3.43. The van der Waals surface area contributed by atoms with E-state index in [-0.39, 0.29) is 18.3 Å². The van der Waals surface area contributed by atoms with E-state index in [0.29, 0.717) is 0 Å². The number of carboxylic acids is 1. The lowest BCUT2D eigenvalue weighted by molar-refractivity contribution is -0.139. The molecule has 3 atom stereocenters. The van der Waals surface area contributed by atoms with Gasteiger partial charge in [-0.3, -0.25) is 4.79 Å². The minimum atomic E-state index is -0.837. The maximum absolute atomic E-state index is 10.5. The van der Waals surface area contributed by atoms with Crippen LogP contribution in [0.15, 0.2) is 0 Å². The molecule has 0 radical (unpaired) electrons. The fourth-order valence-electron chi connectivity index (χ4n) is 2.26. The Labute approximate surface area is 77.7 Å². The van der Waals surface area contributed by atoms with Gasteiger partial charge >= 0.3 is 5.97 Å². The second-order valence-electron chi connectivity index (χ2n) is 3.85. The molecule has 2 fully saturated rings. The highest BCUT2D eigenvalue weighted by Gasteiger charge is 2.48. The summed E-state index contributed by atoms with van der Waals surface area (Å²) in [5, 5.41) is 8.62. The number of nitrogens with two attached hydrogens (primary N) is 1. The Hall–Kier alpha value is -0.280. The molecule has 2 aliphatic rings. The van der Waals surface area contributed by atoms with Gasteiger partial charge in [-0.2, -0.15) is 0 Å². The van der Waals surface area contributed by atoms with Gasteiger partial charge in [0.25, 0.3) is 0 Å². The molecule has 4 heteroatoms. The van der Waals surface area contributed by atoms with Gasteiger partial charge in [-0.15, -0.1) is 12.4 Å². The molecule has 2 rings (SSSR count). The molecular weight excluding hydrogens is 178 g/mol. The van der Waals surface area contributed by atoms with Crippen molar-refractivity contribution < 1.29 is 9.90 Å². The average molecular weight is 192 g/mol. The zero-order valence-electron chi connectivity index (χ0n) is 6.77. The molecular formula is C8H14ClNO2. The van der Waals surface area contributed by atoms with Crippen LogP contribution in [0.3, 0.4) is 0 Å². The summed E-state index contributed by atoms with van der Waals surface area (Å²) in [6.45, 7) is 0. The number of aliphatic carboxylic acids is 1. The molecule has 2 aliphatic carbocycles. The molecule has 0 saturated heterocycles. The molecule has 70 valence electrons. The first kappa shape index (κ1) is 9.81. The Kier molecular flexibility index (Phi) is 2.64. The van der Waals surface area contributed by atoms with Gasteiger partial charge in [0.1, 0.15) is 6.04 Å². The van der Waals surface area contributed by atoms with E-state index in [0.717, 1.165) is 24.7 Å². The van der Waals surface area contributed by atoms with Crippen LogP contribution in [0.4, 0.5) is 0 Å². The molecule has 0 aliphatic heterocycles. The third kappa shape index (κ3) is 1.57. The van der Waals surface area contributed by atoms with Crippen LogP contribution >= 0.6 is 12.4 Å². The van der Waals surface area contributed by atoms with E-state index < -0.39 is 12.0 Å². The first-order valence-electron chi connectivity index (χ1n) is 4.17. The van der Waals surface area contributed by atoms with Crippen molar-refractivity contribution in [3.8, 4) is 0 Å². The smallest absolute Gasteiger partial charge is 0.320 e. The summed E-state index contributed by atoms with van der Waals surface area (Å²) in [4.78, 5) is 10.5. The molecule has 0 heterocycles. The molecule has 0 aromatic carbocycles. The Balaban J connectivity index is 0.000000720. The summed E-state index contributed by atoms with van der Waals surface area (Å²) in [6, 6.07) is -0.609. The van der Waals surface area contributed by atoms with E-state index >= 15 is 0 Å². The summed E-state index contributed by atoms with van der Waals surface area (Å²) >= 11 is 0. The SMILES string of the molecule is Cl.NC(C(=O)O)C1CC2CC2C1. The van der Waals surface area contributed by atoms with E-state index in [2.05, 4.69) is 0 Å². The fourth-order valence-corrected chi connectivity index (χ4v) is 2.26. The quantitative estimate of drug-likeness (QED) is 0.681. The molecule has 12 heavy (non-hydrogen) atoms. The van der Waals surface area contributed by atoms with E-state index in [9.17, 15) is 4.79 Å². The average Bonchev–Trinajstić information content (AvgIpc) is 2.57. The maximum Gasteiger partial charge on any atom is 0.320 e. The van der Waals surface area contributed by atoms with Crippen molar-refractivity contribution in [3.05, 3.63) is 0 Å². The van der Waals surface area contributed by atoms with Crippen LogP contribution in [0.5, 0.6) is 0 Å². The maximum atomic E-state index is 10.5. The van der Waals surface area contributed by atoms with E-state index in [1.54, 1.807) is 0 Å². The predicted molar refractivity (Wildman–Crippen MR) is 47.2 cm³/mol. The van der Waals surface area contributed by atoms with Crippen molar-refractivity contribution in [2.24, 2.45) is 23.5 Å². The number of carboxylic acid groups (broad SMARTS) is 1. The third-order valence-electron chi connectivity index (χ3n) is 3.07. The van der Waals surface area contributed by atoms with Gasteiger partial charge < -0.3 is 10.8 Å². The van der Waals surface area contributed by atoms with Crippen molar-refractivity contribution in [3.63, 3.8) is 0 Å². The molecule has 0 bridgehead atoms. The fraction of sp³-hybridized carbons (Fsp3) is 0.875. The lowest BCUT2D eigenvalue weighted by Gasteiger charge is -2.15. The molecule has 2 saturated carbocycles. The van der Waals surface area contributed by atoms with Crippen molar-refractivity contribution in [1.29, 1.82) is 0 Å². The number of hydrogen-bond acceptors (Lipinski definition) is 2. The monoisotopic (exact) mass is 191 g/mol. The van der Waals surface area contributed by atoms with Crippen LogP contribution < -0.4 is 5.73 Å². The number of fused-ring (bicyclic) bond motifs is 1. The van der Waals surface area contributed by atoms with Gasteiger partial charge in [-0.25, -0.2) is 0 Å². The highest BCUT2D eigenvalue weighted by molar-refractivity contribution is 5.85. The number of carbonyl (C=O) groups is 1. The Morgan fingerprint density at radius 2 is 1.83 bits per heavy atom. The number of rotatable bonds is 2. The molecule has 0 aromatic rings. The molecule has 3 unspecified atom stereocenters. The van der Waals surface area contributed by atoms with E-state index in [1.807, 2.05) is 0 Å². The van der Waals surface area contributed by atoms with E-state index in [1.165, 1.54) is 6.42 Å². The molecule has 3 nitrogen and oxygen atoms in total. The first-order valence-corrected chi connectivity index (χ1v) is 4.17. The second-order valence-corrected chi connectivity index (χ2v) is 3.85. The van der Waals surface area contributed by atoms with Crippen LogP contribution in [0.25, 0.3) is 0 Å².